The molecule has 0 saturated carbocycles. The first kappa shape index (κ1) is 45.7. The first-order chi connectivity index (χ1) is 11.4. The van der Waals surface area contributed by atoms with Gasteiger partial charge >= 0.3 is 0 Å². The van der Waals surface area contributed by atoms with Gasteiger partial charge in [-0.05, 0) is 80.1 Å². The number of carbonyl (C=O) groups is 1. The molecule has 0 fully saturated rings. The zero-order valence-corrected chi connectivity index (χ0v) is 19.9. The lowest BCUT2D eigenvalue weighted by Crippen LogP contribution is -2.20. The molecule has 0 aromatic heterocycles. The van der Waals surface area contributed by atoms with Crippen molar-refractivity contribution in [3.05, 3.63) is 25.3 Å². The summed E-state index contributed by atoms with van der Waals surface area (Å²) >= 11 is 0. The van der Waals surface area contributed by atoms with Crippen LogP contribution in [0.5, 0.6) is 0 Å². The molecule has 3 heteroatoms. The van der Waals surface area contributed by atoms with E-state index in [4.69, 9.17) is 0 Å². The van der Waals surface area contributed by atoms with Gasteiger partial charge in [-0.3, -0.25) is 0 Å². The van der Waals surface area contributed by atoms with E-state index in [-0.39, 0.29) is 20.6 Å². The van der Waals surface area contributed by atoms with E-state index < -0.39 is 11.2 Å². The Morgan fingerprint density at radius 1 is 0.786 bits per heavy atom. The molecule has 0 atom stereocenters. The number of hydrogen-bond acceptors (Lipinski definition) is 3. The second kappa shape index (κ2) is 28.3. The predicted octanol–water partition coefficient (Wildman–Crippen LogP) is 7.86. The number of Topliss-reactive ketones (excluding diaryl/α,β-unsaturated/α-hetero) is 1. The largest absolute Gasteiger partial charge is 0.390 e. The SMILES string of the molecule is C.C.C=CC.C=CC.CC(C)=O.CC(C)CC(C)(C)O.CC(C)CC(C)(C)O. The lowest BCUT2D eigenvalue weighted by atomic mass is 9.97. The van der Waals surface area contributed by atoms with Crippen LogP contribution in [-0.2, 0) is 4.79 Å². The maximum Gasteiger partial charge on any atom is 0.126 e. The molecule has 0 amide bonds. The second-order valence-electron chi connectivity index (χ2n) is 8.55. The number of rotatable bonds is 4. The second-order valence-corrected chi connectivity index (χ2v) is 8.55. The van der Waals surface area contributed by atoms with E-state index in [9.17, 15) is 15.0 Å². The Hall–Kier alpha value is -0.930. The van der Waals surface area contributed by atoms with E-state index in [1.807, 2.05) is 41.5 Å². The van der Waals surface area contributed by atoms with E-state index in [1.54, 1.807) is 12.2 Å². The number of carbonyl (C=O) groups excluding carboxylic acids is 1. The molecule has 2 N–H and O–H groups in total. The lowest BCUT2D eigenvalue weighted by Gasteiger charge is -2.18. The smallest absolute Gasteiger partial charge is 0.126 e. The average molecular weight is 407 g/mol. The minimum atomic E-state index is -0.478. The molecular formula is C25H58O3. The normalized spacial score (nSPS) is 9.14. The van der Waals surface area contributed by atoms with Crippen molar-refractivity contribution < 1.29 is 15.0 Å². The third-order valence-electron chi connectivity index (χ3n) is 1.82. The fraction of sp³-hybridized carbons (Fsp3) is 0.800. The van der Waals surface area contributed by atoms with E-state index in [0.29, 0.717) is 11.8 Å². The average Bonchev–Trinajstić information content (AvgIpc) is 2.22. The van der Waals surface area contributed by atoms with Crippen LogP contribution in [0, 0.1) is 11.8 Å². The van der Waals surface area contributed by atoms with Gasteiger partial charge in [0.2, 0.25) is 0 Å². The maximum absolute atomic E-state index is 9.44. The fourth-order valence-corrected chi connectivity index (χ4v) is 2.00. The van der Waals surface area contributed by atoms with Gasteiger partial charge in [-0.1, -0.05) is 54.7 Å². The van der Waals surface area contributed by atoms with Gasteiger partial charge in [-0.15, -0.1) is 13.2 Å². The third kappa shape index (κ3) is 177. The zero-order chi connectivity index (χ0) is 22.6. The van der Waals surface area contributed by atoms with Crippen molar-refractivity contribution in [1.29, 1.82) is 0 Å². The fourth-order valence-electron chi connectivity index (χ4n) is 2.00. The molecule has 0 saturated heterocycles. The lowest BCUT2D eigenvalue weighted by molar-refractivity contribution is -0.115. The van der Waals surface area contributed by atoms with E-state index in [1.165, 1.54) is 13.8 Å². The van der Waals surface area contributed by atoms with Gasteiger partial charge in [0.15, 0.2) is 0 Å². The van der Waals surface area contributed by atoms with Gasteiger partial charge < -0.3 is 15.0 Å². The van der Waals surface area contributed by atoms with Crippen LogP contribution in [0.4, 0.5) is 0 Å². The van der Waals surface area contributed by atoms with Crippen molar-refractivity contribution in [1.82, 2.24) is 0 Å². The Morgan fingerprint density at radius 2 is 0.893 bits per heavy atom. The molecule has 28 heavy (non-hydrogen) atoms. The maximum atomic E-state index is 9.44. The van der Waals surface area contributed by atoms with Crippen molar-refractivity contribution in [3.63, 3.8) is 0 Å². The van der Waals surface area contributed by atoms with Crippen LogP contribution in [0.2, 0.25) is 0 Å². The van der Waals surface area contributed by atoms with Gasteiger partial charge in [-0.25, -0.2) is 0 Å². The van der Waals surface area contributed by atoms with Gasteiger partial charge in [-0.2, -0.15) is 0 Å². The summed E-state index contributed by atoms with van der Waals surface area (Å²) in [7, 11) is 0. The summed E-state index contributed by atoms with van der Waals surface area (Å²) in [6.07, 6.45) is 5.26. The molecule has 0 unspecified atom stereocenters. The third-order valence-corrected chi connectivity index (χ3v) is 1.82. The summed E-state index contributed by atoms with van der Waals surface area (Å²) in [6, 6.07) is 0. The van der Waals surface area contributed by atoms with Crippen LogP contribution in [0.3, 0.4) is 0 Å². The summed E-state index contributed by atoms with van der Waals surface area (Å²) < 4.78 is 0. The summed E-state index contributed by atoms with van der Waals surface area (Å²) in [5, 5.41) is 18.4. The van der Waals surface area contributed by atoms with E-state index in [2.05, 4.69) is 40.9 Å². The summed E-state index contributed by atoms with van der Waals surface area (Å²) in [4.78, 5) is 9.44. The zero-order valence-electron chi connectivity index (χ0n) is 19.9. The van der Waals surface area contributed by atoms with Crippen molar-refractivity contribution in [2.45, 2.75) is 122 Å². The Bertz CT molecular complexity index is 273. The van der Waals surface area contributed by atoms with Crippen molar-refractivity contribution in [2.24, 2.45) is 11.8 Å². The molecular weight excluding hydrogens is 348 g/mol. The van der Waals surface area contributed by atoms with E-state index in [0.717, 1.165) is 12.8 Å². The molecule has 0 aliphatic carbocycles. The molecule has 0 bridgehead atoms. The molecule has 0 heterocycles. The van der Waals surface area contributed by atoms with Gasteiger partial charge in [0.25, 0.3) is 0 Å². The van der Waals surface area contributed by atoms with Crippen LogP contribution in [-0.4, -0.2) is 27.2 Å². The highest BCUT2D eigenvalue weighted by Crippen LogP contribution is 2.14. The molecule has 0 aromatic rings. The number of ketones is 1. The van der Waals surface area contributed by atoms with Crippen LogP contribution >= 0.6 is 0 Å². The monoisotopic (exact) mass is 406 g/mol. The van der Waals surface area contributed by atoms with Crippen LogP contribution in [0.1, 0.15) is 111 Å². The quantitative estimate of drug-likeness (QED) is 0.467. The molecule has 0 aliphatic rings. The minimum absolute atomic E-state index is 0. The highest BCUT2D eigenvalue weighted by molar-refractivity contribution is 5.72. The summed E-state index contributed by atoms with van der Waals surface area (Å²) in [6.45, 7) is 29.4. The first-order valence-corrected chi connectivity index (χ1v) is 9.46. The topological polar surface area (TPSA) is 57.5 Å². The predicted molar refractivity (Wildman–Crippen MR) is 133 cm³/mol. The van der Waals surface area contributed by atoms with Crippen LogP contribution in [0.15, 0.2) is 25.3 Å². The highest BCUT2D eigenvalue weighted by atomic mass is 16.3. The number of allylic oxidation sites excluding steroid dienone is 2. The molecule has 0 aromatic carbocycles. The van der Waals surface area contributed by atoms with Crippen LogP contribution in [0.25, 0.3) is 0 Å². The molecule has 176 valence electrons. The molecule has 0 spiro atoms. The van der Waals surface area contributed by atoms with Crippen LogP contribution < -0.4 is 0 Å². The summed E-state index contributed by atoms with van der Waals surface area (Å²) in [5.41, 5.74) is -0.956. The Kier molecular flexibility index (Phi) is 46.1. The highest BCUT2D eigenvalue weighted by Gasteiger charge is 2.13. The van der Waals surface area contributed by atoms with Gasteiger partial charge in [0.05, 0.1) is 11.2 Å². The van der Waals surface area contributed by atoms with Crippen molar-refractivity contribution in [2.75, 3.05) is 0 Å². The Labute approximate surface area is 180 Å². The van der Waals surface area contributed by atoms with Crippen molar-refractivity contribution >= 4 is 5.78 Å². The standard InChI is InChI=1S/2C7H16O.C3H6O.2C3H6.2CH4/c2*1-6(2)5-7(3,4)8;1-3(2)4;2*1-3-2;;/h2*6,8H,5H2,1-4H3;1-2H3;2*3H,1H2,2H3;2*1H4. The number of hydrogen-bond donors (Lipinski definition) is 2. The molecule has 0 aliphatic heterocycles. The summed E-state index contributed by atoms with van der Waals surface area (Å²) in [5.74, 6) is 1.35. The van der Waals surface area contributed by atoms with Gasteiger partial charge in [0, 0.05) is 0 Å². The minimum Gasteiger partial charge on any atom is -0.390 e. The van der Waals surface area contributed by atoms with Gasteiger partial charge in [0.1, 0.15) is 5.78 Å². The van der Waals surface area contributed by atoms with Crippen molar-refractivity contribution in [3.8, 4) is 0 Å². The first-order valence-electron chi connectivity index (χ1n) is 9.46. The van der Waals surface area contributed by atoms with E-state index >= 15 is 0 Å². The molecule has 3 nitrogen and oxygen atoms in total. The Morgan fingerprint density at radius 3 is 0.893 bits per heavy atom. The number of aliphatic hydroxyl groups is 2. The molecule has 0 radical (unpaired) electrons. The molecule has 0 rings (SSSR count). The Balaban J connectivity index is -0.0000000414.